The molecule has 0 saturated carbocycles. The van der Waals surface area contributed by atoms with Gasteiger partial charge in [0, 0.05) is 23.6 Å². The minimum absolute atomic E-state index is 0.0260. The Morgan fingerprint density at radius 1 is 0.973 bits per heavy atom. The molecule has 1 atom stereocenters. The van der Waals surface area contributed by atoms with Crippen molar-refractivity contribution in [3.63, 3.8) is 0 Å². The molecule has 37 heavy (non-hydrogen) atoms. The van der Waals surface area contributed by atoms with Crippen LogP contribution in [0.2, 0.25) is 10.0 Å². The highest BCUT2D eigenvalue weighted by atomic mass is 35.5. The molecule has 3 aromatic carbocycles. The van der Waals surface area contributed by atoms with Crippen molar-refractivity contribution >= 4 is 50.7 Å². The summed E-state index contributed by atoms with van der Waals surface area (Å²) in [4.78, 5) is 28.0. The van der Waals surface area contributed by atoms with Gasteiger partial charge in [-0.05, 0) is 54.8 Å². The highest BCUT2D eigenvalue weighted by molar-refractivity contribution is 7.92. The van der Waals surface area contributed by atoms with Crippen molar-refractivity contribution in [3.8, 4) is 0 Å². The third-order valence-corrected chi connectivity index (χ3v) is 8.36. The highest BCUT2D eigenvalue weighted by Crippen LogP contribution is 2.30. The van der Waals surface area contributed by atoms with Crippen molar-refractivity contribution < 1.29 is 18.0 Å². The lowest BCUT2D eigenvalue weighted by Crippen LogP contribution is -2.51. The van der Waals surface area contributed by atoms with Crippen LogP contribution in [0.1, 0.15) is 24.5 Å². The average molecular weight is 563 g/mol. The van der Waals surface area contributed by atoms with Crippen LogP contribution in [0.4, 0.5) is 5.69 Å². The Balaban J connectivity index is 2.11. The van der Waals surface area contributed by atoms with Crippen LogP contribution in [0, 0.1) is 6.92 Å². The van der Waals surface area contributed by atoms with E-state index in [1.54, 1.807) is 68.4 Å². The molecule has 0 aliphatic rings. The molecule has 0 aliphatic heterocycles. The summed E-state index contributed by atoms with van der Waals surface area (Å²) >= 11 is 12.6. The second kappa shape index (κ2) is 12.4. The Morgan fingerprint density at radius 2 is 1.62 bits per heavy atom. The molecule has 0 spiro atoms. The normalized spacial score (nSPS) is 12.0. The zero-order chi connectivity index (χ0) is 27.2. The molecular formula is C27H29Cl2N3O4S. The maximum Gasteiger partial charge on any atom is 0.264 e. The van der Waals surface area contributed by atoms with Crippen LogP contribution >= 0.6 is 23.2 Å². The van der Waals surface area contributed by atoms with Gasteiger partial charge in [0.05, 0.1) is 10.6 Å². The molecule has 0 bridgehead atoms. The molecule has 3 rings (SSSR count). The predicted octanol–water partition coefficient (Wildman–Crippen LogP) is 5.05. The van der Waals surface area contributed by atoms with E-state index in [9.17, 15) is 18.0 Å². The fourth-order valence-corrected chi connectivity index (χ4v) is 5.83. The number of benzene rings is 3. The van der Waals surface area contributed by atoms with Gasteiger partial charge in [-0.25, -0.2) is 8.42 Å². The number of nitrogens with one attached hydrogen (secondary N) is 1. The van der Waals surface area contributed by atoms with Crippen LogP contribution in [0.25, 0.3) is 0 Å². The molecule has 7 nitrogen and oxygen atoms in total. The van der Waals surface area contributed by atoms with Crippen molar-refractivity contribution in [1.29, 1.82) is 0 Å². The van der Waals surface area contributed by atoms with Gasteiger partial charge in [0.25, 0.3) is 10.0 Å². The van der Waals surface area contributed by atoms with Gasteiger partial charge >= 0.3 is 0 Å². The number of anilines is 1. The van der Waals surface area contributed by atoms with Crippen LogP contribution < -0.4 is 9.62 Å². The van der Waals surface area contributed by atoms with Gasteiger partial charge in [-0.1, -0.05) is 72.6 Å². The number of aryl methyl sites for hydroxylation is 1. The molecule has 0 unspecified atom stereocenters. The van der Waals surface area contributed by atoms with E-state index >= 15 is 0 Å². The van der Waals surface area contributed by atoms with E-state index in [0.717, 1.165) is 4.31 Å². The Morgan fingerprint density at radius 3 is 2.24 bits per heavy atom. The molecule has 2 amide bonds. The Hall–Kier alpha value is -3.07. The average Bonchev–Trinajstić information content (AvgIpc) is 2.89. The second-order valence-corrected chi connectivity index (χ2v) is 11.1. The maximum atomic E-state index is 13.9. The Labute approximate surface area is 228 Å². The first-order chi connectivity index (χ1) is 17.6. The zero-order valence-corrected chi connectivity index (χ0v) is 23.1. The van der Waals surface area contributed by atoms with Crippen molar-refractivity contribution in [2.24, 2.45) is 0 Å². The summed E-state index contributed by atoms with van der Waals surface area (Å²) in [6.07, 6.45) is 0.317. The summed E-state index contributed by atoms with van der Waals surface area (Å²) in [7, 11) is -2.67. The highest BCUT2D eigenvalue weighted by Gasteiger charge is 2.34. The van der Waals surface area contributed by atoms with E-state index in [1.165, 1.54) is 30.1 Å². The van der Waals surface area contributed by atoms with E-state index in [-0.39, 0.29) is 23.0 Å². The predicted molar refractivity (Wildman–Crippen MR) is 147 cm³/mol. The standard InChI is InChI=1S/C27H29Cl2N3O4S/c1-4-24(27(34)30-3)31(17-20-10-8-9-13-23(20)29)26(33)18-32(25-16-21(28)15-14-19(25)2)37(35,36)22-11-6-5-7-12-22/h5-16,24H,4,17-18H2,1-3H3,(H,30,34)/t24-/m0/s1. The molecule has 3 aromatic rings. The van der Waals surface area contributed by atoms with Gasteiger partial charge in [-0.2, -0.15) is 0 Å². The summed E-state index contributed by atoms with van der Waals surface area (Å²) in [6.45, 7) is 3.01. The number of carbonyl (C=O) groups is 2. The lowest BCUT2D eigenvalue weighted by Gasteiger charge is -2.33. The molecule has 0 aromatic heterocycles. The summed E-state index contributed by atoms with van der Waals surface area (Å²) in [5.41, 5.74) is 1.53. The molecule has 0 heterocycles. The molecule has 10 heteroatoms. The molecule has 0 saturated heterocycles. The topological polar surface area (TPSA) is 86.8 Å². The number of likely N-dealkylation sites (N-methyl/N-ethyl adjacent to an activating group) is 1. The van der Waals surface area contributed by atoms with Crippen LogP contribution in [0.15, 0.2) is 77.7 Å². The number of amides is 2. The summed E-state index contributed by atoms with van der Waals surface area (Å²) in [6, 6.07) is 18.9. The van der Waals surface area contributed by atoms with Crippen LogP contribution in [0.3, 0.4) is 0 Å². The van der Waals surface area contributed by atoms with Crippen LogP contribution in [-0.4, -0.2) is 44.8 Å². The summed E-state index contributed by atoms with van der Waals surface area (Å²) in [5, 5.41) is 3.36. The number of carbonyl (C=O) groups excluding carboxylic acids is 2. The molecule has 0 fully saturated rings. The number of hydrogen-bond donors (Lipinski definition) is 1. The largest absolute Gasteiger partial charge is 0.357 e. The first kappa shape index (κ1) is 28.5. The van der Waals surface area contributed by atoms with Crippen LogP contribution in [0.5, 0.6) is 0 Å². The van der Waals surface area contributed by atoms with Gasteiger partial charge in [0.2, 0.25) is 11.8 Å². The first-order valence-corrected chi connectivity index (χ1v) is 13.9. The SMILES string of the molecule is CC[C@@H](C(=O)NC)N(Cc1ccccc1Cl)C(=O)CN(c1cc(Cl)ccc1C)S(=O)(=O)c1ccccc1. The van der Waals surface area contributed by atoms with Crippen molar-refractivity contribution in [2.45, 2.75) is 37.8 Å². The van der Waals surface area contributed by atoms with Crippen molar-refractivity contribution in [1.82, 2.24) is 10.2 Å². The number of halogens is 2. The van der Waals surface area contributed by atoms with E-state index in [1.807, 2.05) is 0 Å². The fourth-order valence-electron chi connectivity index (χ4n) is 3.98. The van der Waals surface area contributed by atoms with Gasteiger partial charge < -0.3 is 10.2 Å². The van der Waals surface area contributed by atoms with E-state index in [0.29, 0.717) is 27.6 Å². The minimum Gasteiger partial charge on any atom is -0.357 e. The summed E-state index contributed by atoms with van der Waals surface area (Å²) < 4.78 is 28.7. The lowest BCUT2D eigenvalue weighted by molar-refractivity contribution is -0.140. The zero-order valence-electron chi connectivity index (χ0n) is 20.8. The van der Waals surface area contributed by atoms with Gasteiger partial charge in [0.1, 0.15) is 12.6 Å². The Kier molecular flexibility index (Phi) is 9.59. The molecular weight excluding hydrogens is 533 g/mol. The molecule has 1 N–H and O–H groups in total. The van der Waals surface area contributed by atoms with Gasteiger partial charge in [-0.15, -0.1) is 0 Å². The van der Waals surface area contributed by atoms with Gasteiger partial charge in [-0.3, -0.25) is 13.9 Å². The fraction of sp³-hybridized carbons (Fsp3) is 0.259. The number of sulfonamides is 1. The third-order valence-electron chi connectivity index (χ3n) is 5.98. The number of nitrogens with zero attached hydrogens (tertiary/aromatic N) is 2. The second-order valence-electron chi connectivity index (χ2n) is 8.41. The first-order valence-electron chi connectivity index (χ1n) is 11.7. The third kappa shape index (κ3) is 6.63. The molecule has 0 aliphatic carbocycles. The van der Waals surface area contributed by atoms with Crippen molar-refractivity contribution in [3.05, 3.63) is 94.0 Å². The van der Waals surface area contributed by atoms with Gasteiger partial charge in [0.15, 0.2) is 0 Å². The molecule has 0 radical (unpaired) electrons. The number of hydrogen-bond acceptors (Lipinski definition) is 4. The molecule has 196 valence electrons. The van der Waals surface area contributed by atoms with Crippen LogP contribution in [-0.2, 0) is 26.2 Å². The van der Waals surface area contributed by atoms with E-state index in [4.69, 9.17) is 23.2 Å². The maximum absolute atomic E-state index is 13.9. The van der Waals surface area contributed by atoms with E-state index < -0.39 is 28.5 Å². The lowest BCUT2D eigenvalue weighted by atomic mass is 10.1. The number of rotatable bonds is 10. The minimum atomic E-state index is -4.16. The van der Waals surface area contributed by atoms with Crippen molar-refractivity contribution in [2.75, 3.05) is 17.9 Å². The smallest absolute Gasteiger partial charge is 0.264 e. The van der Waals surface area contributed by atoms with E-state index in [2.05, 4.69) is 5.32 Å². The monoisotopic (exact) mass is 561 g/mol. The summed E-state index contributed by atoms with van der Waals surface area (Å²) in [5.74, 6) is -0.923. The Bertz CT molecular complexity index is 1370. The quantitative estimate of drug-likeness (QED) is 0.375.